The summed E-state index contributed by atoms with van der Waals surface area (Å²) in [6.45, 7) is 2.84. The zero-order valence-corrected chi connectivity index (χ0v) is 19.1. The zero-order chi connectivity index (χ0) is 23.2. The second-order valence-corrected chi connectivity index (χ2v) is 8.43. The smallest absolute Gasteiger partial charge is 0.269 e. The van der Waals surface area contributed by atoms with Crippen LogP contribution in [0.15, 0.2) is 41.7 Å². The number of aromatic nitrogens is 4. The minimum Gasteiger partial charge on any atom is -0.356 e. The number of carbonyl (C=O) groups is 1. The molecule has 1 aliphatic heterocycles. The summed E-state index contributed by atoms with van der Waals surface area (Å²) in [6.07, 6.45) is 10.4. The molecule has 172 valence electrons. The monoisotopic (exact) mass is 467 g/mol. The largest absolute Gasteiger partial charge is 0.356 e. The minimum absolute atomic E-state index is 0.0138. The Balaban J connectivity index is 1.39. The third-order valence-electron chi connectivity index (χ3n) is 5.45. The van der Waals surface area contributed by atoms with Gasteiger partial charge in [-0.2, -0.15) is 5.10 Å². The molecule has 10 nitrogen and oxygen atoms in total. The van der Waals surface area contributed by atoms with Gasteiger partial charge in [0.25, 0.3) is 5.69 Å². The fraction of sp³-hybridized carbons (Fsp3) is 0.364. The molecule has 3 aromatic rings. The quantitative estimate of drug-likeness (QED) is 0.176. The molecule has 33 heavy (non-hydrogen) atoms. The van der Waals surface area contributed by atoms with Crippen molar-refractivity contribution in [2.75, 3.05) is 30.8 Å². The number of hydrogen-bond acceptors (Lipinski definition) is 8. The Morgan fingerprint density at radius 3 is 2.67 bits per heavy atom. The average molecular weight is 468 g/mol. The molecule has 1 amide bonds. The van der Waals surface area contributed by atoms with Gasteiger partial charge in [-0.3, -0.25) is 14.9 Å². The van der Waals surface area contributed by atoms with Gasteiger partial charge in [0.2, 0.25) is 5.91 Å². The van der Waals surface area contributed by atoms with Crippen molar-refractivity contribution in [2.24, 2.45) is 0 Å². The van der Waals surface area contributed by atoms with E-state index in [0.29, 0.717) is 23.8 Å². The highest BCUT2D eigenvalue weighted by atomic mass is 32.2. The molecule has 2 aromatic heterocycles. The number of nitro groups is 1. The molecule has 0 saturated carbocycles. The van der Waals surface area contributed by atoms with Gasteiger partial charge in [0, 0.05) is 37.8 Å². The molecule has 11 heteroatoms. The van der Waals surface area contributed by atoms with Crippen LogP contribution >= 0.6 is 11.8 Å². The van der Waals surface area contributed by atoms with Crippen LogP contribution in [-0.4, -0.2) is 56.5 Å². The first-order chi connectivity index (χ1) is 16.0. The minimum atomic E-state index is -0.457. The van der Waals surface area contributed by atoms with Crippen molar-refractivity contribution in [3.63, 3.8) is 0 Å². The van der Waals surface area contributed by atoms with E-state index in [0.717, 1.165) is 42.8 Å². The SMILES string of the molecule is CSc1nc(N2CCCCC2)c2cnn(CCNC(=O)C=Cc3ccc([N+](=O)[O-])cc3)c2n1. The maximum absolute atomic E-state index is 12.2. The van der Waals surface area contributed by atoms with Crippen molar-refractivity contribution in [2.45, 2.75) is 31.0 Å². The maximum atomic E-state index is 12.2. The first kappa shape index (κ1) is 22.7. The van der Waals surface area contributed by atoms with E-state index < -0.39 is 4.92 Å². The highest BCUT2D eigenvalue weighted by molar-refractivity contribution is 7.98. The number of non-ortho nitro benzene ring substituents is 1. The number of amides is 1. The number of benzene rings is 1. The Kier molecular flexibility index (Phi) is 7.18. The molecule has 1 saturated heterocycles. The molecule has 4 rings (SSSR count). The summed E-state index contributed by atoms with van der Waals surface area (Å²) >= 11 is 1.50. The summed E-state index contributed by atoms with van der Waals surface area (Å²) in [5.41, 5.74) is 1.49. The van der Waals surface area contributed by atoms with Crippen molar-refractivity contribution < 1.29 is 9.72 Å². The van der Waals surface area contributed by atoms with Crippen molar-refractivity contribution in [3.05, 3.63) is 52.2 Å². The molecular formula is C22H25N7O3S. The number of nitro benzene ring substituents is 1. The first-order valence-corrected chi connectivity index (χ1v) is 12.0. The molecule has 0 spiro atoms. The number of nitrogens with one attached hydrogen (secondary N) is 1. The topological polar surface area (TPSA) is 119 Å². The van der Waals surface area contributed by atoms with Crippen LogP contribution in [0.2, 0.25) is 0 Å². The summed E-state index contributed by atoms with van der Waals surface area (Å²) in [5, 5.41) is 19.7. The molecular weight excluding hydrogens is 442 g/mol. The number of nitrogens with zero attached hydrogens (tertiary/aromatic N) is 6. The van der Waals surface area contributed by atoms with E-state index in [4.69, 9.17) is 4.98 Å². The van der Waals surface area contributed by atoms with E-state index in [1.165, 1.54) is 36.4 Å². The van der Waals surface area contributed by atoms with Crippen LogP contribution in [-0.2, 0) is 11.3 Å². The van der Waals surface area contributed by atoms with Crippen LogP contribution in [0, 0.1) is 10.1 Å². The highest BCUT2D eigenvalue weighted by Crippen LogP contribution is 2.28. The molecule has 3 heterocycles. The number of hydrogen-bond donors (Lipinski definition) is 1. The normalized spacial score (nSPS) is 14.2. The lowest BCUT2D eigenvalue weighted by molar-refractivity contribution is -0.384. The number of piperidine rings is 1. The zero-order valence-electron chi connectivity index (χ0n) is 18.3. The van der Waals surface area contributed by atoms with Crippen molar-refractivity contribution in [3.8, 4) is 0 Å². The third-order valence-corrected chi connectivity index (χ3v) is 6.00. The lowest BCUT2D eigenvalue weighted by Crippen LogP contribution is -2.30. The van der Waals surface area contributed by atoms with E-state index in [-0.39, 0.29) is 11.6 Å². The van der Waals surface area contributed by atoms with Crippen molar-refractivity contribution in [1.29, 1.82) is 0 Å². The predicted molar refractivity (Wildman–Crippen MR) is 128 cm³/mol. The molecule has 1 aromatic carbocycles. The predicted octanol–water partition coefficient (Wildman–Crippen LogP) is 3.28. The third kappa shape index (κ3) is 5.48. The van der Waals surface area contributed by atoms with E-state index in [1.54, 1.807) is 29.1 Å². The molecule has 0 bridgehead atoms. The van der Waals surface area contributed by atoms with E-state index >= 15 is 0 Å². The summed E-state index contributed by atoms with van der Waals surface area (Å²) in [4.78, 5) is 34.1. The summed E-state index contributed by atoms with van der Waals surface area (Å²) in [5.74, 6) is 0.684. The Bertz CT molecular complexity index is 1170. The van der Waals surface area contributed by atoms with Crippen LogP contribution in [0.25, 0.3) is 17.1 Å². The fourth-order valence-corrected chi connectivity index (χ4v) is 4.10. The Morgan fingerprint density at radius 1 is 1.21 bits per heavy atom. The highest BCUT2D eigenvalue weighted by Gasteiger charge is 2.19. The van der Waals surface area contributed by atoms with Gasteiger partial charge in [-0.25, -0.2) is 14.6 Å². The van der Waals surface area contributed by atoms with Crippen LogP contribution in [0.1, 0.15) is 24.8 Å². The fourth-order valence-electron chi connectivity index (χ4n) is 3.75. The Hall–Kier alpha value is -3.47. The second kappa shape index (κ2) is 10.4. The van der Waals surface area contributed by atoms with Gasteiger partial charge in [-0.05, 0) is 49.3 Å². The van der Waals surface area contributed by atoms with E-state index in [2.05, 4.69) is 20.3 Å². The van der Waals surface area contributed by atoms with Crippen molar-refractivity contribution >= 4 is 46.3 Å². The van der Waals surface area contributed by atoms with Gasteiger partial charge in [0.05, 0.1) is 23.1 Å². The van der Waals surface area contributed by atoms with Crippen LogP contribution < -0.4 is 10.2 Å². The van der Waals surface area contributed by atoms with Crippen LogP contribution in [0.3, 0.4) is 0 Å². The van der Waals surface area contributed by atoms with Gasteiger partial charge in [-0.1, -0.05) is 11.8 Å². The molecule has 1 N–H and O–H groups in total. The van der Waals surface area contributed by atoms with E-state index in [9.17, 15) is 14.9 Å². The molecule has 0 radical (unpaired) electrons. The summed E-state index contributed by atoms with van der Waals surface area (Å²) in [6, 6.07) is 6.01. The van der Waals surface area contributed by atoms with Gasteiger partial charge in [0.1, 0.15) is 5.82 Å². The van der Waals surface area contributed by atoms with E-state index in [1.807, 2.05) is 6.26 Å². The molecule has 0 aliphatic carbocycles. The van der Waals surface area contributed by atoms with Crippen LogP contribution in [0.4, 0.5) is 11.5 Å². The van der Waals surface area contributed by atoms with Gasteiger partial charge < -0.3 is 10.2 Å². The standard InChI is InChI=1S/C22H25N7O3S/c1-33-22-25-20(27-12-3-2-4-13-27)18-15-24-28(21(18)26-22)14-11-23-19(30)10-7-16-5-8-17(9-6-16)29(31)32/h5-10,15H,2-4,11-14H2,1H3,(H,23,30). The Labute approximate surface area is 195 Å². The van der Waals surface area contributed by atoms with Gasteiger partial charge in [-0.15, -0.1) is 0 Å². The van der Waals surface area contributed by atoms with Crippen LogP contribution in [0.5, 0.6) is 0 Å². The first-order valence-electron chi connectivity index (χ1n) is 10.8. The molecule has 0 unspecified atom stereocenters. The maximum Gasteiger partial charge on any atom is 0.269 e. The number of anilines is 1. The van der Waals surface area contributed by atoms with Crippen molar-refractivity contribution in [1.82, 2.24) is 25.1 Å². The summed E-state index contributed by atoms with van der Waals surface area (Å²) < 4.78 is 1.80. The molecule has 1 aliphatic rings. The summed E-state index contributed by atoms with van der Waals surface area (Å²) in [7, 11) is 0. The number of fused-ring (bicyclic) bond motifs is 1. The number of rotatable bonds is 8. The number of thioether (sulfide) groups is 1. The lowest BCUT2D eigenvalue weighted by atomic mass is 10.1. The lowest BCUT2D eigenvalue weighted by Gasteiger charge is -2.28. The number of carbonyl (C=O) groups excluding carboxylic acids is 1. The molecule has 0 atom stereocenters. The molecule has 1 fully saturated rings. The Morgan fingerprint density at radius 2 is 1.97 bits per heavy atom. The average Bonchev–Trinajstić information content (AvgIpc) is 3.25. The second-order valence-electron chi connectivity index (χ2n) is 7.66. The van der Waals surface area contributed by atoms with Gasteiger partial charge >= 0.3 is 0 Å². The van der Waals surface area contributed by atoms with Gasteiger partial charge in [0.15, 0.2) is 10.8 Å².